The molecule has 0 spiro atoms. The molecule has 0 bridgehead atoms. The van der Waals surface area contributed by atoms with E-state index in [0.29, 0.717) is 21.2 Å². The number of ketones is 1. The maximum Gasteiger partial charge on any atom is 0.349 e. The van der Waals surface area contributed by atoms with Gasteiger partial charge in [0.05, 0.1) is 6.26 Å². The summed E-state index contributed by atoms with van der Waals surface area (Å²) in [6, 6.07) is 12.9. The van der Waals surface area contributed by atoms with Gasteiger partial charge in [0.25, 0.3) is 0 Å². The van der Waals surface area contributed by atoms with Gasteiger partial charge in [0.1, 0.15) is 4.88 Å². The van der Waals surface area contributed by atoms with Crippen LogP contribution in [0.5, 0.6) is 0 Å². The number of rotatable bonds is 6. The van der Waals surface area contributed by atoms with Crippen molar-refractivity contribution in [2.75, 3.05) is 11.0 Å². The number of ether oxygens (including phenoxy) is 1. The Kier molecular flexibility index (Phi) is 5.74. The fourth-order valence-corrected chi connectivity index (χ4v) is 4.32. The van der Waals surface area contributed by atoms with Crippen molar-refractivity contribution in [3.05, 3.63) is 64.0 Å². The first-order chi connectivity index (χ1) is 13.1. The van der Waals surface area contributed by atoms with E-state index in [1.54, 1.807) is 18.2 Å². The van der Waals surface area contributed by atoms with E-state index in [4.69, 9.17) is 16.3 Å². The van der Waals surface area contributed by atoms with Crippen LogP contribution in [0.2, 0.25) is 5.02 Å². The standard InChI is InChI=1S/C19H16ClNO5S2/c1-11(18(22)12-4-7-15(8-5-12)21-28(2,24)25)26-19(23)17-9-13-3-6-14(20)10-16(13)27-17/h3-11,21H,1-2H3. The van der Waals surface area contributed by atoms with Crippen LogP contribution in [0.1, 0.15) is 27.0 Å². The monoisotopic (exact) mass is 437 g/mol. The highest BCUT2D eigenvalue weighted by molar-refractivity contribution is 7.92. The molecule has 1 atom stereocenters. The van der Waals surface area contributed by atoms with Crippen LogP contribution < -0.4 is 4.72 Å². The maximum atomic E-state index is 12.5. The molecule has 0 radical (unpaired) electrons. The van der Waals surface area contributed by atoms with Crippen LogP contribution in [0.4, 0.5) is 5.69 Å². The number of carbonyl (C=O) groups is 2. The minimum atomic E-state index is -3.40. The molecule has 3 rings (SSSR count). The van der Waals surface area contributed by atoms with Gasteiger partial charge in [0, 0.05) is 21.0 Å². The summed E-state index contributed by atoms with van der Waals surface area (Å²) in [5, 5.41) is 1.45. The van der Waals surface area contributed by atoms with E-state index in [-0.39, 0.29) is 5.78 Å². The minimum Gasteiger partial charge on any atom is -0.450 e. The molecule has 0 aliphatic rings. The summed E-state index contributed by atoms with van der Waals surface area (Å²) in [6.07, 6.45) is 0.0465. The average molecular weight is 438 g/mol. The lowest BCUT2D eigenvalue weighted by Gasteiger charge is -2.12. The molecule has 9 heteroatoms. The average Bonchev–Trinajstić information content (AvgIpc) is 3.03. The third kappa shape index (κ3) is 4.89. The number of sulfonamides is 1. The van der Waals surface area contributed by atoms with Gasteiger partial charge < -0.3 is 4.74 Å². The van der Waals surface area contributed by atoms with E-state index in [1.165, 1.54) is 42.5 Å². The van der Waals surface area contributed by atoms with Gasteiger partial charge in [-0.05, 0) is 54.8 Å². The van der Waals surface area contributed by atoms with E-state index in [0.717, 1.165) is 16.3 Å². The summed E-state index contributed by atoms with van der Waals surface area (Å²) >= 11 is 7.20. The zero-order chi connectivity index (χ0) is 20.5. The number of fused-ring (bicyclic) bond motifs is 1. The van der Waals surface area contributed by atoms with Gasteiger partial charge in [0.2, 0.25) is 15.8 Å². The molecule has 2 aromatic carbocycles. The highest BCUT2D eigenvalue weighted by Crippen LogP contribution is 2.29. The zero-order valence-corrected chi connectivity index (χ0v) is 17.3. The molecule has 6 nitrogen and oxygen atoms in total. The molecule has 0 saturated carbocycles. The number of benzene rings is 2. The molecule has 0 aliphatic carbocycles. The lowest BCUT2D eigenvalue weighted by molar-refractivity contribution is 0.0323. The summed E-state index contributed by atoms with van der Waals surface area (Å²) in [5.74, 6) is -0.975. The van der Waals surface area contributed by atoms with Crippen molar-refractivity contribution in [2.45, 2.75) is 13.0 Å². The second-order valence-electron chi connectivity index (χ2n) is 6.16. The molecule has 0 aliphatic heterocycles. The normalized spacial score (nSPS) is 12.5. The number of thiophene rings is 1. The van der Waals surface area contributed by atoms with Gasteiger partial charge in [-0.25, -0.2) is 13.2 Å². The molecule has 28 heavy (non-hydrogen) atoms. The maximum absolute atomic E-state index is 12.5. The Bertz CT molecular complexity index is 1150. The Balaban J connectivity index is 1.69. The van der Waals surface area contributed by atoms with Gasteiger partial charge in [-0.2, -0.15) is 0 Å². The minimum absolute atomic E-state index is 0.308. The van der Waals surface area contributed by atoms with Crippen LogP contribution in [0, 0.1) is 0 Å². The molecular formula is C19H16ClNO5S2. The molecule has 146 valence electrons. The van der Waals surface area contributed by atoms with Crippen LogP contribution in [-0.4, -0.2) is 32.5 Å². The molecular weight excluding hydrogens is 422 g/mol. The topological polar surface area (TPSA) is 89.5 Å². The van der Waals surface area contributed by atoms with Crippen molar-refractivity contribution in [3.63, 3.8) is 0 Å². The number of anilines is 1. The van der Waals surface area contributed by atoms with Crippen LogP contribution in [0.25, 0.3) is 10.1 Å². The summed E-state index contributed by atoms with van der Waals surface area (Å²) in [7, 11) is -3.40. The van der Waals surface area contributed by atoms with Crippen molar-refractivity contribution >= 4 is 60.5 Å². The molecule has 0 saturated heterocycles. The third-order valence-corrected chi connectivity index (χ3v) is 5.73. The van der Waals surface area contributed by atoms with Crippen molar-refractivity contribution in [1.82, 2.24) is 0 Å². The molecule has 1 aromatic heterocycles. The summed E-state index contributed by atoms with van der Waals surface area (Å²) < 4.78 is 30.9. The largest absolute Gasteiger partial charge is 0.450 e. The van der Waals surface area contributed by atoms with Crippen molar-refractivity contribution in [3.8, 4) is 0 Å². The Morgan fingerprint density at radius 1 is 1.11 bits per heavy atom. The van der Waals surface area contributed by atoms with Crippen molar-refractivity contribution in [2.24, 2.45) is 0 Å². The first-order valence-corrected chi connectivity index (χ1v) is 11.2. The lowest BCUT2D eigenvalue weighted by atomic mass is 10.1. The highest BCUT2D eigenvalue weighted by Gasteiger charge is 2.22. The van der Waals surface area contributed by atoms with E-state index >= 15 is 0 Å². The quantitative estimate of drug-likeness (QED) is 0.457. The van der Waals surface area contributed by atoms with Gasteiger partial charge in [0.15, 0.2) is 6.10 Å². The summed E-state index contributed by atoms with van der Waals surface area (Å²) in [6.45, 7) is 1.49. The predicted octanol–water partition coefficient (Wildman–Crippen LogP) is 4.35. The molecule has 1 heterocycles. The number of nitrogens with one attached hydrogen (secondary N) is 1. The molecule has 1 N–H and O–H groups in total. The Morgan fingerprint density at radius 2 is 1.79 bits per heavy atom. The van der Waals surface area contributed by atoms with Gasteiger partial charge in [-0.3, -0.25) is 9.52 Å². The zero-order valence-electron chi connectivity index (χ0n) is 14.9. The summed E-state index contributed by atoms with van der Waals surface area (Å²) in [4.78, 5) is 25.3. The van der Waals surface area contributed by atoms with E-state index in [1.807, 2.05) is 6.07 Å². The number of hydrogen-bond acceptors (Lipinski definition) is 6. The van der Waals surface area contributed by atoms with Crippen LogP contribution >= 0.6 is 22.9 Å². The first-order valence-electron chi connectivity index (χ1n) is 8.14. The highest BCUT2D eigenvalue weighted by atomic mass is 35.5. The van der Waals surface area contributed by atoms with Gasteiger partial charge in [-0.1, -0.05) is 17.7 Å². The Hall–Kier alpha value is -2.42. The third-order valence-electron chi connectivity index (χ3n) is 3.81. The molecule has 0 fully saturated rings. The number of esters is 1. The number of carbonyl (C=O) groups excluding carboxylic acids is 2. The molecule has 1 unspecified atom stereocenters. The summed E-state index contributed by atoms with van der Waals surface area (Å²) in [5.41, 5.74) is 0.648. The second-order valence-corrected chi connectivity index (χ2v) is 9.42. The fraction of sp³-hybridized carbons (Fsp3) is 0.158. The number of Topliss-reactive ketones (excluding diaryl/α,β-unsaturated/α-hetero) is 1. The van der Waals surface area contributed by atoms with Gasteiger partial charge in [-0.15, -0.1) is 11.3 Å². The second kappa shape index (κ2) is 7.90. The first kappa shape index (κ1) is 20.3. The van der Waals surface area contributed by atoms with Gasteiger partial charge >= 0.3 is 5.97 Å². The fourth-order valence-electron chi connectivity index (χ4n) is 2.53. The van der Waals surface area contributed by atoms with Crippen LogP contribution in [-0.2, 0) is 14.8 Å². The Labute approximate surface area is 171 Å². The smallest absolute Gasteiger partial charge is 0.349 e. The predicted molar refractivity (Wildman–Crippen MR) is 111 cm³/mol. The van der Waals surface area contributed by atoms with E-state index < -0.39 is 22.1 Å². The van der Waals surface area contributed by atoms with Crippen LogP contribution in [0.15, 0.2) is 48.5 Å². The lowest BCUT2D eigenvalue weighted by Crippen LogP contribution is -2.24. The van der Waals surface area contributed by atoms with E-state index in [2.05, 4.69) is 4.72 Å². The SMILES string of the molecule is CC(OC(=O)c1cc2ccc(Cl)cc2s1)C(=O)c1ccc(NS(C)(=O)=O)cc1. The van der Waals surface area contributed by atoms with Crippen molar-refractivity contribution < 1.29 is 22.7 Å². The van der Waals surface area contributed by atoms with Crippen molar-refractivity contribution in [1.29, 1.82) is 0 Å². The van der Waals surface area contributed by atoms with E-state index in [9.17, 15) is 18.0 Å². The number of halogens is 1. The Morgan fingerprint density at radius 3 is 2.43 bits per heavy atom. The number of hydrogen-bond donors (Lipinski definition) is 1. The van der Waals surface area contributed by atoms with Crippen LogP contribution in [0.3, 0.4) is 0 Å². The molecule has 3 aromatic rings. The molecule has 0 amide bonds.